The van der Waals surface area contributed by atoms with Crippen molar-refractivity contribution in [3.63, 3.8) is 0 Å². The van der Waals surface area contributed by atoms with Crippen molar-refractivity contribution in [1.82, 2.24) is 39.0 Å². The molecule has 4 atom stereocenters. The lowest BCUT2D eigenvalue weighted by molar-refractivity contribution is -0.138. The molecule has 4 saturated heterocycles. The minimum atomic E-state index is -1.40. The average Bonchev–Trinajstić information content (AvgIpc) is 3.86. The highest BCUT2D eigenvalue weighted by atomic mass is 79.9. The molecule has 72 heavy (non-hydrogen) atoms. The third-order valence-electron chi connectivity index (χ3n) is 14.6. The van der Waals surface area contributed by atoms with Crippen LogP contribution in [0, 0.1) is 11.8 Å². The number of amides is 4. The molecule has 382 valence electrons. The Morgan fingerprint density at radius 1 is 0.597 bits per heavy atom. The maximum atomic E-state index is 15.6. The fourth-order valence-corrected chi connectivity index (χ4v) is 13.7. The second-order valence-corrected chi connectivity index (χ2v) is 36.4. The van der Waals surface area contributed by atoms with Gasteiger partial charge in [0.1, 0.15) is 46.1 Å². The summed E-state index contributed by atoms with van der Waals surface area (Å²) in [5.74, 6) is -0.739. The first-order valence-electron chi connectivity index (χ1n) is 24.6. The number of aromatic nitrogens is 2. The maximum absolute atomic E-state index is 15.6. The molecule has 4 amide bonds. The fourth-order valence-electron chi connectivity index (χ4n) is 10.6. The van der Waals surface area contributed by atoms with Gasteiger partial charge in [0.05, 0.1) is 35.1 Å². The number of nitrogens with zero attached hydrogens (tertiary/aromatic N) is 10. The first-order valence-corrected chi connectivity index (χ1v) is 35.2. The highest BCUT2D eigenvalue weighted by Crippen LogP contribution is 2.44. The Kier molecular flexibility index (Phi) is 14.6. The first kappa shape index (κ1) is 51.6. The monoisotopic (exact) mass is 1270 g/mol. The van der Waals surface area contributed by atoms with Crippen LogP contribution in [0.15, 0.2) is 88.8 Å². The van der Waals surface area contributed by atoms with E-state index in [1.165, 1.54) is 0 Å². The summed E-state index contributed by atoms with van der Waals surface area (Å²) in [6.45, 7) is 16.9. The Labute approximate surface area is 456 Å². The molecule has 0 bridgehead atoms. The van der Waals surface area contributed by atoms with Crippen LogP contribution in [0.5, 0.6) is 0 Å². The number of benzene rings is 2. The number of carbonyl (C=O) groups is 4. The highest BCUT2D eigenvalue weighted by Gasteiger charge is 2.57. The van der Waals surface area contributed by atoms with Crippen molar-refractivity contribution in [2.75, 3.05) is 26.3 Å². The van der Waals surface area contributed by atoms with Crippen LogP contribution in [0.4, 0.5) is 0 Å². The Morgan fingerprint density at radius 2 is 0.972 bits per heavy atom. The zero-order valence-electron chi connectivity index (χ0n) is 41.4. The summed E-state index contributed by atoms with van der Waals surface area (Å²) in [4.78, 5) is 74.8. The van der Waals surface area contributed by atoms with Crippen LogP contribution >= 0.6 is 63.7 Å². The van der Waals surface area contributed by atoms with Crippen LogP contribution in [0.2, 0.25) is 51.4 Å². The van der Waals surface area contributed by atoms with E-state index in [0.29, 0.717) is 93.7 Å². The van der Waals surface area contributed by atoms with Crippen molar-refractivity contribution in [3.05, 3.63) is 112 Å². The number of hydrogen-bond acceptors (Lipinski definition) is 10. The van der Waals surface area contributed by atoms with Crippen LogP contribution in [0.1, 0.15) is 56.1 Å². The second kappa shape index (κ2) is 20.3. The van der Waals surface area contributed by atoms with E-state index in [9.17, 15) is 0 Å². The Balaban J connectivity index is 1.02. The van der Waals surface area contributed by atoms with E-state index in [1.807, 2.05) is 67.7 Å². The SMILES string of the molecule is C[Si](C)(C)CCOCn1c(C(=O)N2C[C@@H]([C@H]3CC4C(=O)N5Cc6ccccc6CN=C5N4N(C(=O)c4cc(Br)c(Br)n4COCC[Si](C)(C)C)C3)CC3C(=O)N4Cc5ccccc5CN=C4N32)cc(Br)c1Br. The zero-order chi connectivity index (χ0) is 51.0. The summed E-state index contributed by atoms with van der Waals surface area (Å²) in [7, 11) is -2.79. The van der Waals surface area contributed by atoms with Gasteiger partial charge in [0.15, 0.2) is 0 Å². The largest absolute Gasteiger partial charge is 0.361 e. The predicted molar refractivity (Wildman–Crippen MR) is 294 cm³/mol. The summed E-state index contributed by atoms with van der Waals surface area (Å²) < 4.78 is 18.8. The normalized spacial score (nSPS) is 21.9. The molecule has 2 aromatic heterocycles. The minimum Gasteiger partial charge on any atom is -0.361 e. The van der Waals surface area contributed by atoms with Crippen molar-refractivity contribution in [3.8, 4) is 0 Å². The van der Waals surface area contributed by atoms with Gasteiger partial charge in [-0.05, 0) is 135 Å². The molecule has 2 aromatic carbocycles. The van der Waals surface area contributed by atoms with Crippen molar-refractivity contribution in [2.24, 2.45) is 21.8 Å². The number of aliphatic imine (C=N–C) groups is 2. The van der Waals surface area contributed by atoms with E-state index < -0.39 is 28.2 Å². The molecule has 4 aromatic rings. The maximum Gasteiger partial charge on any atom is 0.289 e. The number of ether oxygens (including phenoxy) is 2. The molecule has 6 aliphatic heterocycles. The average molecular weight is 1270 g/mol. The number of halogens is 4. The van der Waals surface area contributed by atoms with Gasteiger partial charge in [0, 0.05) is 42.5 Å². The topological polar surface area (TPSA) is 141 Å². The van der Waals surface area contributed by atoms with Gasteiger partial charge in [0.2, 0.25) is 11.9 Å². The molecule has 16 nitrogen and oxygen atoms in total. The lowest BCUT2D eigenvalue weighted by Gasteiger charge is -2.49. The summed E-state index contributed by atoms with van der Waals surface area (Å²) in [5, 5.41) is 7.02. The lowest BCUT2D eigenvalue weighted by Crippen LogP contribution is -2.63. The fraction of sp³-hybridized carbons (Fsp3) is 0.480. The van der Waals surface area contributed by atoms with Crippen LogP contribution in [-0.4, -0.2) is 129 Å². The third-order valence-corrected chi connectivity index (χ3v) is 22.0. The molecule has 22 heteroatoms. The van der Waals surface area contributed by atoms with Gasteiger partial charge in [0.25, 0.3) is 23.6 Å². The predicted octanol–water partition coefficient (Wildman–Crippen LogP) is 9.58. The molecule has 6 aliphatic rings. The van der Waals surface area contributed by atoms with E-state index in [-0.39, 0.29) is 62.0 Å². The van der Waals surface area contributed by atoms with Crippen molar-refractivity contribution in [1.29, 1.82) is 0 Å². The molecule has 8 heterocycles. The van der Waals surface area contributed by atoms with Crippen LogP contribution in [0.3, 0.4) is 0 Å². The molecule has 0 spiro atoms. The number of rotatable bonds is 13. The van der Waals surface area contributed by atoms with Gasteiger partial charge in [-0.15, -0.1) is 0 Å². The molecule has 10 rings (SSSR count). The Bertz CT molecular complexity index is 2710. The van der Waals surface area contributed by atoms with Gasteiger partial charge in [-0.1, -0.05) is 87.8 Å². The Morgan fingerprint density at radius 3 is 1.35 bits per heavy atom. The molecular weight excluding hydrogens is 1210 g/mol. The molecule has 0 N–H and O–H groups in total. The van der Waals surface area contributed by atoms with Crippen molar-refractivity contribution < 1.29 is 28.7 Å². The molecule has 0 aliphatic carbocycles. The van der Waals surface area contributed by atoms with Gasteiger partial charge in [-0.25, -0.2) is 30.0 Å². The molecule has 0 radical (unpaired) electrons. The van der Waals surface area contributed by atoms with Gasteiger partial charge in [-0.2, -0.15) is 0 Å². The van der Waals surface area contributed by atoms with E-state index in [0.717, 1.165) is 34.3 Å². The molecule has 4 fully saturated rings. The smallest absolute Gasteiger partial charge is 0.289 e. The van der Waals surface area contributed by atoms with Crippen molar-refractivity contribution >= 4 is 115 Å². The first-order chi connectivity index (χ1) is 34.3. The summed E-state index contributed by atoms with van der Waals surface area (Å²) >= 11 is 14.8. The zero-order valence-corrected chi connectivity index (χ0v) is 49.8. The van der Waals surface area contributed by atoms with E-state index in [1.54, 1.807) is 32.0 Å². The van der Waals surface area contributed by atoms with E-state index in [2.05, 4.69) is 103 Å². The van der Waals surface area contributed by atoms with Crippen LogP contribution in [0.25, 0.3) is 0 Å². The van der Waals surface area contributed by atoms with Crippen LogP contribution < -0.4 is 0 Å². The second-order valence-electron chi connectivity index (χ2n) is 22.0. The number of hydrogen-bond donors (Lipinski definition) is 0. The molecule has 2 unspecified atom stereocenters. The summed E-state index contributed by atoms with van der Waals surface area (Å²) in [6, 6.07) is 20.0. The number of hydrazine groups is 2. The standard InChI is InChI=1S/C50H60Br4N10O6Si2/c1-71(2,3)17-15-69-29-59-39(21-37(51)43(59)53)47(67)61-27-35(19-41-45(65)57-25-33-13-9-7-11-31(33)23-55-49(57)63(41)61)36-20-42-46(66)58-26-34-14-10-8-12-32(34)24-56-50(58)64(42)62(28-36)48(68)40-22-38(52)44(54)60(40)30-70-16-18-72(4,5)6/h7-14,21-22,35-36,41-42H,15-20,23-30H2,1-6H3/t35-,36-,41?,42?/m0/s1. The molecule has 0 saturated carbocycles. The quantitative estimate of drug-likeness (QED) is 0.0953. The van der Waals surface area contributed by atoms with E-state index >= 15 is 19.2 Å². The van der Waals surface area contributed by atoms with Gasteiger partial charge in [-0.3, -0.25) is 29.0 Å². The number of fused-ring (bicyclic) bond motifs is 8. The summed E-state index contributed by atoms with van der Waals surface area (Å²) in [6.07, 6.45) is 0.746. The number of guanidine groups is 2. The van der Waals surface area contributed by atoms with Gasteiger partial charge < -0.3 is 18.6 Å². The highest BCUT2D eigenvalue weighted by molar-refractivity contribution is 9.13. The lowest BCUT2D eigenvalue weighted by atomic mass is 9.79. The van der Waals surface area contributed by atoms with E-state index in [4.69, 9.17) is 19.5 Å². The minimum absolute atomic E-state index is 0.140. The van der Waals surface area contributed by atoms with Crippen LogP contribution in [-0.2, 0) is 58.7 Å². The summed E-state index contributed by atoms with van der Waals surface area (Å²) in [5.41, 5.74) is 4.79. The van der Waals surface area contributed by atoms with Crippen molar-refractivity contribution in [2.45, 2.75) is 116 Å². The number of carbonyl (C=O) groups excluding carboxylic acids is 4. The van der Waals surface area contributed by atoms with Gasteiger partial charge >= 0.3 is 0 Å². The Hall–Kier alpha value is -3.91. The molecular formula is C50H60Br4N10O6Si2. The third kappa shape index (κ3) is 9.91.